The summed E-state index contributed by atoms with van der Waals surface area (Å²) in [5.41, 5.74) is 8.04. The van der Waals surface area contributed by atoms with E-state index in [1.165, 1.54) is 44.2 Å². The van der Waals surface area contributed by atoms with Crippen molar-refractivity contribution in [3.05, 3.63) is 83.4 Å². The minimum atomic E-state index is 0.0902. The van der Waals surface area contributed by atoms with E-state index in [0.717, 1.165) is 0 Å². The summed E-state index contributed by atoms with van der Waals surface area (Å²) in [5.74, 6) is 0. The number of aryl methyl sites for hydroxylation is 1. The molecule has 4 aromatic rings. The second-order valence-electron chi connectivity index (χ2n) is 10.3. The van der Waals surface area contributed by atoms with Crippen LogP contribution in [0, 0.1) is 6.92 Å². The van der Waals surface area contributed by atoms with E-state index >= 15 is 0 Å². The van der Waals surface area contributed by atoms with Crippen molar-refractivity contribution in [2.75, 3.05) is 0 Å². The van der Waals surface area contributed by atoms with Gasteiger partial charge in [-0.1, -0.05) is 71.9 Å². The molecule has 1 aromatic heterocycles. The van der Waals surface area contributed by atoms with E-state index in [0.29, 0.717) is 0 Å². The topological polar surface area (TPSA) is 3.88 Å². The summed E-state index contributed by atoms with van der Waals surface area (Å²) in [6, 6.07) is 24.7. The van der Waals surface area contributed by atoms with E-state index in [1.54, 1.807) is 0 Å². The van der Waals surface area contributed by atoms with Gasteiger partial charge in [-0.2, -0.15) is 4.57 Å². The summed E-state index contributed by atoms with van der Waals surface area (Å²) in [4.78, 5) is 0. The number of aromatic nitrogens is 1. The lowest BCUT2D eigenvalue weighted by atomic mass is 9.80. The van der Waals surface area contributed by atoms with Crippen molar-refractivity contribution in [3.63, 3.8) is 0 Å². The molecule has 0 saturated carbocycles. The van der Waals surface area contributed by atoms with Crippen LogP contribution in [0.4, 0.5) is 0 Å². The molecule has 0 atom stereocenters. The third-order valence-electron chi connectivity index (χ3n) is 6.01. The van der Waals surface area contributed by atoms with Crippen LogP contribution in [0.15, 0.2) is 66.7 Å². The quantitative estimate of drug-likeness (QED) is 0.243. The highest BCUT2D eigenvalue weighted by Gasteiger charge is 2.26. The fourth-order valence-corrected chi connectivity index (χ4v) is 4.13. The lowest BCUT2D eigenvalue weighted by molar-refractivity contribution is -0.538. The van der Waals surface area contributed by atoms with Gasteiger partial charge in [-0.05, 0) is 46.6 Å². The summed E-state index contributed by atoms with van der Waals surface area (Å²) < 4.78 is 2.45. The molecule has 0 amide bonds. The number of benzene rings is 3. The lowest BCUT2D eigenvalue weighted by Gasteiger charge is -2.25. The van der Waals surface area contributed by atoms with E-state index in [2.05, 4.69) is 120 Å². The first-order valence-electron chi connectivity index (χ1n) is 10.6. The van der Waals surface area contributed by atoms with Crippen molar-refractivity contribution >= 4 is 21.8 Å². The van der Waals surface area contributed by atoms with Crippen LogP contribution in [-0.2, 0) is 10.8 Å². The van der Waals surface area contributed by atoms with E-state index in [4.69, 9.17) is 0 Å². The Morgan fingerprint density at radius 3 is 1.41 bits per heavy atom. The van der Waals surface area contributed by atoms with E-state index in [9.17, 15) is 0 Å². The Kier molecular flexibility index (Phi) is 4.53. The summed E-state index contributed by atoms with van der Waals surface area (Å²) in [7, 11) is 0. The van der Waals surface area contributed by atoms with Gasteiger partial charge in [0, 0.05) is 24.3 Å². The first-order valence-corrected chi connectivity index (χ1v) is 10.6. The van der Waals surface area contributed by atoms with E-state index in [-0.39, 0.29) is 10.8 Å². The molecule has 0 N–H and O–H groups in total. The van der Waals surface area contributed by atoms with Crippen LogP contribution >= 0.6 is 0 Å². The Balaban J connectivity index is 2.18. The number of pyridine rings is 1. The number of fused-ring (bicyclic) bond motifs is 2. The fourth-order valence-electron chi connectivity index (χ4n) is 4.13. The van der Waals surface area contributed by atoms with Crippen LogP contribution in [0.25, 0.3) is 27.5 Å². The number of nitrogens with zero attached hydrogens (tertiary/aromatic N) is 1. The Morgan fingerprint density at radius 1 is 0.586 bits per heavy atom. The minimum Gasteiger partial charge on any atom is -0.153 e. The maximum Gasteiger partial charge on any atom is 0.219 e. The summed E-state index contributed by atoms with van der Waals surface area (Å²) in [5, 5.41) is 2.62. The highest BCUT2D eigenvalue weighted by Crippen LogP contribution is 2.32. The Morgan fingerprint density at radius 2 is 1.00 bits per heavy atom. The predicted molar refractivity (Wildman–Crippen MR) is 125 cm³/mol. The highest BCUT2D eigenvalue weighted by molar-refractivity contribution is 5.94. The Labute approximate surface area is 175 Å². The van der Waals surface area contributed by atoms with Crippen LogP contribution in [0.3, 0.4) is 0 Å². The zero-order chi connectivity index (χ0) is 21.0. The molecule has 0 fully saturated rings. The number of para-hydroxylation sites is 2. The predicted octanol–water partition coefficient (Wildman–Crippen LogP) is 7.17. The monoisotopic (exact) mass is 382 g/mol. The molecule has 0 aliphatic carbocycles. The van der Waals surface area contributed by atoms with Gasteiger partial charge < -0.3 is 0 Å². The third-order valence-corrected chi connectivity index (χ3v) is 6.01. The molecule has 1 heteroatoms. The zero-order valence-corrected chi connectivity index (χ0v) is 18.8. The van der Waals surface area contributed by atoms with Gasteiger partial charge in [-0.15, -0.1) is 0 Å². The molecule has 0 aliphatic rings. The first-order chi connectivity index (χ1) is 13.6. The molecule has 0 spiro atoms. The third kappa shape index (κ3) is 3.44. The molecule has 29 heavy (non-hydrogen) atoms. The highest BCUT2D eigenvalue weighted by atomic mass is 15.0. The Bertz CT molecular complexity index is 1130. The SMILES string of the molecule is Cc1c2ccccc2[n+](-c2cc(C(C)(C)C)cc(C(C)(C)C)c2)c2ccccc12. The molecule has 148 valence electrons. The second kappa shape index (κ2) is 6.69. The molecule has 1 nitrogen and oxygen atoms in total. The zero-order valence-electron chi connectivity index (χ0n) is 18.8. The molecule has 4 rings (SSSR count). The first kappa shape index (κ1) is 19.6. The van der Waals surface area contributed by atoms with Gasteiger partial charge in [-0.3, -0.25) is 0 Å². The smallest absolute Gasteiger partial charge is 0.153 e. The second-order valence-corrected chi connectivity index (χ2v) is 10.3. The maximum absolute atomic E-state index is 2.45. The Hall–Kier alpha value is -2.67. The summed E-state index contributed by atoms with van der Waals surface area (Å²) in [6.45, 7) is 16.0. The van der Waals surface area contributed by atoms with Gasteiger partial charge >= 0.3 is 0 Å². The average molecular weight is 383 g/mol. The minimum absolute atomic E-state index is 0.0902. The van der Waals surface area contributed by atoms with E-state index < -0.39 is 0 Å². The van der Waals surface area contributed by atoms with Gasteiger partial charge in [0.1, 0.15) is 0 Å². The van der Waals surface area contributed by atoms with E-state index in [1.807, 2.05) is 0 Å². The molecule has 1 heterocycles. The van der Waals surface area contributed by atoms with Gasteiger partial charge in [-0.25, -0.2) is 0 Å². The summed E-state index contributed by atoms with van der Waals surface area (Å²) in [6.07, 6.45) is 0. The van der Waals surface area contributed by atoms with Crippen LogP contribution in [0.2, 0.25) is 0 Å². The standard InChI is InChI=1S/C28H32N/c1-19-23-12-8-10-14-25(23)29(26-15-11-9-13-24(19)26)22-17-20(27(2,3)4)16-21(18-22)28(5,6)7/h8-18H,1-7H3/q+1. The molecular weight excluding hydrogens is 350 g/mol. The van der Waals surface area contributed by atoms with Gasteiger partial charge in [0.2, 0.25) is 16.7 Å². The van der Waals surface area contributed by atoms with Crippen molar-refractivity contribution in [2.24, 2.45) is 0 Å². The van der Waals surface area contributed by atoms with Gasteiger partial charge in [0.05, 0.1) is 10.8 Å². The normalized spacial score (nSPS) is 12.7. The molecule has 0 aliphatic heterocycles. The van der Waals surface area contributed by atoms with Crippen LogP contribution in [-0.4, -0.2) is 0 Å². The average Bonchev–Trinajstić information content (AvgIpc) is 2.67. The molecular formula is C28H32N+. The van der Waals surface area contributed by atoms with Crippen LogP contribution < -0.4 is 4.57 Å². The molecule has 0 bridgehead atoms. The van der Waals surface area contributed by atoms with Gasteiger partial charge in [0.25, 0.3) is 0 Å². The van der Waals surface area contributed by atoms with Crippen molar-refractivity contribution in [1.29, 1.82) is 0 Å². The van der Waals surface area contributed by atoms with Crippen molar-refractivity contribution in [2.45, 2.75) is 59.3 Å². The largest absolute Gasteiger partial charge is 0.219 e. The number of hydrogen-bond acceptors (Lipinski definition) is 0. The van der Waals surface area contributed by atoms with Crippen molar-refractivity contribution < 1.29 is 4.57 Å². The van der Waals surface area contributed by atoms with Crippen LogP contribution in [0.5, 0.6) is 0 Å². The molecule has 0 saturated heterocycles. The lowest BCUT2D eigenvalue weighted by Crippen LogP contribution is -2.34. The van der Waals surface area contributed by atoms with Gasteiger partial charge in [0.15, 0.2) is 0 Å². The number of hydrogen-bond donors (Lipinski definition) is 0. The molecule has 3 aromatic carbocycles. The van der Waals surface area contributed by atoms with Crippen LogP contribution in [0.1, 0.15) is 58.2 Å². The number of rotatable bonds is 1. The fraction of sp³-hybridized carbons (Fsp3) is 0.321. The molecule has 0 unspecified atom stereocenters. The molecule has 0 radical (unpaired) electrons. The van der Waals surface area contributed by atoms with Crippen molar-refractivity contribution in [3.8, 4) is 5.69 Å². The van der Waals surface area contributed by atoms with Crippen molar-refractivity contribution in [1.82, 2.24) is 0 Å². The summed E-state index contributed by atoms with van der Waals surface area (Å²) >= 11 is 0. The maximum atomic E-state index is 2.45.